The summed E-state index contributed by atoms with van der Waals surface area (Å²) in [5, 5.41) is 13.2. The van der Waals surface area contributed by atoms with E-state index >= 15 is 0 Å². The van der Waals surface area contributed by atoms with Crippen molar-refractivity contribution in [2.45, 2.75) is 20.4 Å². The predicted octanol–water partition coefficient (Wildman–Crippen LogP) is 1.66. The molecule has 0 aliphatic heterocycles. The van der Waals surface area contributed by atoms with Gasteiger partial charge in [-0.25, -0.2) is 0 Å². The SMILES string of the molecule is Cc1cc(C)c(O)c(CNCCN(C)C)c1. The van der Waals surface area contributed by atoms with Gasteiger partial charge in [-0.05, 0) is 33.5 Å². The molecule has 3 nitrogen and oxygen atoms in total. The number of hydrogen-bond acceptors (Lipinski definition) is 3. The average Bonchev–Trinajstić information content (AvgIpc) is 2.19. The molecule has 0 saturated carbocycles. The van der Waals surface area contributed by atoms with E-state index < -0.39 is 0 Å². The van der Waals surface area contributed by atoms with Crippen LogP contribution in [0.25, 0.3) is 0 Å². The van der Waals surface area contributed by atoms with Crippen LogP contribution in [-0.2, 0) is 6.54 Å². The monoisotopic (exact) mass is 222 g/mol. The van der Waals surface area contributed by atoms with E-state index in [1.807, 2.05) is 19.1 Å². The second-order valence-electron chi connectivity index (χ2n) is 4.57. The molecular weight excluding hydrogens is 200 g/mol. The van der Waals surface area contributed by atoms with Crippen LogP contribution in [0.4, 0.5) is 0 Å². The van der Waals surface area contributed by atoms with E-state index in [1.165, 1.54) is 5.56 Å². The summed E-state index contributed by atoms with van der Waals surface area (Å²) in [4.78, 5) is 2.13. The van der Waals surface area contributed by atoms with Gasteiger partial charge in [-0.1, -0.05) is 17.7 Å². The van der Waals surface area contributed by atoms with Crippen LogP contribution in [0.1, 0.15) is 16.7 Å². The first kappa shape index (κ1) is 13.0. The van der Waals surface area contributed by atoms with Crippen molar-refractivity contribution in [3.63, 3.8) is 0 Å². The van der Waals surface area contributed by atoms with Gasteiger partial charge < -0.3 is 15.3 Å². The molecule has 1 rings (SSSR count). The summed E-state index contributed by atoms with van der Waals surface area (Å²) in [5.74, 6) is 0.419. The fourth-order valence-corrected chi connectivity index (χ4v) is 1.71. The Kier molecular flexibility index (Phi) is 4.77. The third kappa shape index (κ3) is 3.83. The minimum atomic E-state index is 0.419. The molecule has 0 aliphatic rings. The lowest BCUT2D eigenvalue weighted by molar-refractivity contribution is 0.398. The molecule has 90 valence electrons. The Morgan fingerprint density at radius 3 is 2.56 bits per heavy atom. The van der Waals surface area contributed by atoms with Crippen LogP contribution in [0.3, 0.4) is 0 Å². The largest absolute Gasteiger partial charge is 0.507 e. The van der Waals surface area contributed by atoms with Gasteiger partial charge in [0.05, 0.1) is 0 Å². The third-order valence-corrected chi connectivity index (χ3v) is 2.58. The number of phenols is 1. The van der Waals surface area contributed by atoms with Gasteiger partial charge in [0.2, 0.25) is 0 Å². The molecule has 0 aliphatic carbocycles. The molecule has 1 aromatic carbocycles. The number of nitrogens with one attached hydrogen (secondary N) is 1. The summed E-state index contributed by atoms with van der Waals surface area (Å²) in [6, 6.07) is 4.03. The molecule has 0 radical (unpaired) electrons. The summed E-state index contributed by atoms with van der Waals surface area (Å²) in [5.41, 5.74) is 3.13. The molecule has 0 atom stereocenters. The lowest BCUT2D eigenvalue weighted by atomic mass is 10.1. The molecular formula is C13H22N2O. The van der Waals surface area contributed by atoms with Crippen molar-refractivity contribution in [2.75, 3.05) is 27.2 Å². The summed E-state index contributed by atoms with van der Waals surface area (Å²) in [6.07, 6.45) is 0. The van der Waals surface area contributed by atoms with Crippen molar-refractivity contribution in [2.24, 2.45) is 0 Å². The Balaban J connectivity index is 2.53. The topological polar surface area (TPSA) is 35.5 Å². The van der Waals surface area contributed by atoms with Crippen molar-refractivity contribution >= 4 is 0 Å². The van der Waals surface area contributed by atoms with E-state index in [2.05, 4.69) is 31.2 Å². The van der Waals surface area contributed by atoms with E-state index in [1.54, 1.807) is 0 Å². The lowest BCUT2D eigenvalue weighted by Crippen LogP contribution is -2.26. The van der Waals surface area contributed by atoms with E-state index in [-0.39, 0.29) is 0 Å². The molecule has 0 spiro atoms. The summed E-state index contributed by atoms with van der Waals surface area (Å²) >= 11 is 0. The van der Waals surface area contributed by atoms with Gasteiger partial charge in [0, 0.05) is 25.2 Å². The maximum Gasteiger partial charge on any atom is 0.122 e. The van der Waals surface area contributed by atoms with Gasteiger partial charge in [-0.3, -0.25) is 0 Å². The van der Waals surface area contributed by atoms with Crippen LogP contribution in [0, 0.1) is 13.8 Å². The normalized spacial score (nSPS) is 11.1. The second kappa shape index (κ2) is 5.87. The Morgan fingerprint density at radius 1 is 1.25 bits per heavy atom. The van der Waals surface area contributed by atoms with Gasteiger partial charge in [-0.15, -0.1) is 0 Å². The molecule has 3 heteroatoms. The van der Waals surface area contributed by atoms with Gasteiger partial charge in [0.1, 0.15) is 5.75 Å². The summed E-state index contributed by atoms with van der Waals surface area (Å²) < 4.78 is 0. The zero-order valence-corrected chi connectivity index (χ0v) is 10.7. The molecule has 16 heavy (non-hydrogen) atoms. The second-order valence-corrected chi connectivity index (χ2v) is 4.57. The number of rotatable bonds is 5. The van der Waals surface area contributed by atoms with Crippen molar-refractivity contribution in [1.82, 2.24) is 10.2 Å². The van der Waals surface area contributed by atoms with Crippen LogP contribution in [-0.4, -0.2) is 37.2 Å². The summed E-state index contributed by atoms with van der Waals surface area (Å²) in [6.45, 7) is 6.65. The fraction of sp³-hybridized carbons (Fsp3) is 0.538. The highest BCUT2D eigenvalue weighted by Crippen LogP contribution is 2.23. The molecule has 0 saturated heterocycles. The maximum atomic E-state index is 9.88. The van der Waals surface area contributed by atoms with Crippen molar-refractivity contribution in [3.8, 4) is 5.75 Å². The number of phenolic OH excluding ortho intramolecular Hbond substituents is 1. The van der Waals surface area contributed by atoms with Gasteiger partial charge in [0.15, 0.2) is 0 Å². The number of hydrogen-bond donors (Lipinski definition) is 2. The predicted molar refractivity (Wildman–Crippen MR) is 67.8 cm³/mol. The smallest absolute Gasteiger partial charge is 0.122 e. The van der Waals surface area contributed by atoms with E-state index in [0.717, 1.165) is 30.8 Å². The standard InChI is InChI=1S/C13H22N2O/c1-10-7-11(2)13(16)12(8-10)9-14-5-6-15(3)4/h7-8,14,16H,5-6,9H2,1-4H3. The zero-order chi connectivity index (χ0) is 12.1. The minimum Gasteiger partial charge on any atom is -0.507 e. The van der Waals surface area contributed by atoms with Crippen LogP contribution in [0.2, 0.25) is 0 Å². The number of nitrogens with zero attached hydrogens (tertiary/aromatic N) is 1. The average molecular weight is 222 g/mol. The molecule has 1 aromatic rings. The Hall–Kier alpha value is -1.06. The third-order valence-electron chi connectivity index (χ3n) is 2.58. The lowest BCUT2D eigenvalue weighted by Gasteiger charge is -2.12. The molecule has 0 bridgehead atoms. The van der Waals surface area contributed by atoms with Crippen molar-refractivity contribution < 1.29 is 5.11 Å². The highest BCUT2D eigenvalue weighted by Gasteiger charge is 2.04. The van der Waals surface area contributed by atoms with Crippen LogP contribution in [0.5, 0.6) is 5.75 Å². The molecule has 0 unspecified atom stereocenters. The van der Waals surface area contributed by atoms with Crippen LogP contribution >= 0.6 is 0 Å². The van der Waals surface area contributed by atoms with E-state index in [4.69, 9.17) is 0 Å². The first-order valence-corrected chi connectivity index (χ1v) is 5.65. The van der Waals surface area contributed by atoms with Crippen molar-refractivity contribution in [3.05, 3.63) is 28.8 Å². The molecule has 0 heterocycles. The fourth-order valence-electron chi connectivity index (χ4n) is 1.71. The number of benzene rings is 1. The number of aromatic hydroxyl groups is 1. The quantitative estimate of drug-likeness (QED) is 0.744. The van der Waals surface area contributed by atoms with Gasteiger partial charge in [0.25, 0.3) is 0 Å². The van der Waals surface area contributed by atoms with Crippen molar-refractivity contribution in [1.29, 1.82) is 0 Å². The maximum absolute atomic E-state index is 9.88. The van der Waals surface area contributed by atoms with E-state index in [9.17, 15) is 5.11 Å². The minimum absolute atomic E-state index is 0.419. The highest BCUT2D eigenvalue weighted by atomic mass is 16.3. The number of aryl methyl sites for hydroxylation is 2. The molecule has 0 fully saturated rings. The number of likely N-dealkylation sites (N-methyl/N-ethyl adjacent to an activating group) is 1. The zero-order valence-electron chi connectivity index (χ0n) is 10.7. The molecule has 0 aromatic heterocycles. The Morgan fingerprint density at radius 2 is 1.94 bits per heavy atom. The first-order chi connectivity index (χ1) is 7.50. The summed E-state index contributed by atoms with van der Waals surface area (Å²) in [7, 11) is 4.10. The van der Waals surface area contributed by atoms with E-state index in [0.29, 0.717) is 5.75 Å². The highest BCUT2D eigenvalue weighted by molar-refractivity contribution is 5.42. The van der Waals surface area contributed by atoms with Crippen LogP contribution in [0.15, 0.2) is 12.1 Å². The Bertz CT molecular complexity index is 348. The molecule has 0 amide bonds. The molecule has 2 N–H and O–H groups in total. The first-order valence-electron chi connectivity index (χ1n) is 5.65. The van der Waals surface area contributed by atoms with Crippen LogP contribution < -0.4 is 5.32 Å². The van der Waals surface area contributed by atoms with Gasteiger partial charge in [-0.2, -0.15) is 0 Å². The van der Waals surface area contributed by atoms with Gasteiger partial charge >= 0.3 is 0 Å². The Labute approximate surface area is 98.1 Å².